The van der Waals surface area contributed by atoms with Crippen molar-refractivity contribution in [3.8, 4) is 12.3 Å². The van der Waals surface area contributed by atoms with Crippen LogP contribution >= 0.6 is 0 Å². The van der Waals surface area contributed by atoms with Crippen molar-refractivity contribution in [3.05, 3.63) is 35.7 Å². The van der Waals surface area contributed by atoms with E-state index in [4.69, 9.17) is 6.42 Å². The summed E-state index contributed by atoms with van der Waals surface area (Å²) in [5, 5.41) is 3.48. The molecule has 1 aliphatic carbocycles. The van der Waals surface area contributed by atoms with Gasteiger partial charge in [0.15, 0.2) is 0 Å². The second-order valence-corrected chi connectivity index (χ2v) is 4.95. The molecule has 1 saturated heterocycles. The number of rotatable bonds is 1. The largest absolute Gasteiger partial charge is 0.316 e. The second-order valence-electron chi connectivity index (χ2n) is 4.95. The molecule has 3 rings (SSSR count). The SMILES string of the molecule is C#Cc1cncc(C2=CC[C@H]3CNC[C@H]3C2)c1. The third kappa shape index (κ3) is 1.99. The summed E-state index contributed by atoms with van der Waals surface area (Å²) >= 11 is 0. The van der Waals surface area contributed by atoms with Gasteiger partial charge in [0.2, 0.25) is 0 Å². The van der Waals surface area contributed by atoms with Gasteiger partial charge in [-0.3, -0.25) is 4.98 Å². The molecule has 0 unspecified atom stereocenters. The van der Waals surface area contributed by atoms with Crippen LogP contribution in [0.25, 0.3) is 5.57 Å². The maximum absolute atomic E-state index is 5.41. The van der Waals surface area contributed by atoms with Crippen LogP contribution in [0.2, 0.25) is 0 Å². The first kappa shape index (κ1) is 10.6. The zero-order chi connectivity index (χ0) is 11.7. The molecule has 1 fully saturated rings. The van der Waals surface area contributed by atoms with Crippen LogP contribution in [-0.2, 0) is 0 Å². The average molecular weight is 224 g/mol. The maximum Gasteiger partial charge on any atom is 0.0432 e. The second kappa shape index (κ2) is 4.35. The molecule has 1 aromatic rings. The Balaban J connectivity index is 1.87. The third-order valence-electron chi connectivity index (χ3n) is 3.90. The molecule has 2 heterocycles. The van der Waals surface area contributed by atoms with Crippen LogP contribution in [-0.4, -0.2) is 18.1 Å². The van der Waals surface area contributed by atoms with Crippen LogP contribution in [0.15, 0.2) is 24.5 Å². The zero-order valence-corrected chi connectivity index (χ0v) is 9.82. The van der Waals surface area contributed by atoms with E-state index in [1.165, 1.54) is 24.1 Å². The van der Waals surface area contributed by atoms with Gasteiger partial charge >= 0.3 is 0 Å². The van der Waals surface area contributed by atoms with Crippen molar-refractivity contribution in [1.82, 2.24) is 10.3 Å². The Morgan fingerprint density at radius 3 is 3.06 bits per heavy atom. The number of pyridine rings is 1. The quantitative estimate of drug-likeness (QED) is 0.739. The number of allylic oxidation sites excluding steroid dienone is 2. The van der Waals surface area contributed by atoms with Crippen molar-refractivity contribution in [2.24, 2.45) is 11.8 Å². The molecule has 0 amide bonds. The number of hydrogen-bond donors (Lipinski definition) is 1. The van der Waals surface area contributed by atoms with Crippen molar-refractivity contribution in [2.45, 2.75) is 12.8 Å². The monoisotopic (exact) mass is 224 g/mol. The van der Waals surface area contributed by atoms with E-state index >= 15 is 0 Å². The molecule has 0 radical (unpaired) electrons. The molecule has 2 nitrogen and oxygen atoms in total. The summed E-state index contributed by atoms with van der Waals surface area (Å²) in [5.74, 6) is 4.28. The molecule has 0 aromatic carbocycles. The maximum atomic E-state index is 5.41. The van der Waals surface area contributed by atoms with Gasteiger partial charge < -0.3 is 5.32 Å². The Morgan fingerprint density at radius 2 is 2.18 bits per heavy atom. The van der Waals surface area contributed by atoms with Crippen molar-refractivity contribution < 1.29 is 0 Å². The van der Waals surface area contributed by atoms with E-state index in [0.717, 1.165) is 30.4 Å². The molecule has 0 bridgehead atoms. The van der Waals surface area contributed by atoms with E-state index in [2.05, 4.69) is 28.4 Å². The van der Waals surface area contributed by atoms with E-state index in [-0.39, 0.29) is 0 Å². The predicted octanol–water partition coefficient (Wildman–Crippen LogP) is 2.08. The molecular formula is C15H16N2. The topological polar surface area (TPSA) is 24.9 Å². The van der Waals surface area contributed by atoms with Gasteiger partial charge in [-0.05, 0) is 55.0 Å². The summed E-state index contributed by atoms with van der Waals surface area (Å²) < 4.78 is 0. The van der Waals surface area contributed by atoms with Gasteiger partial charge in [-0.1, -0.05) is 12.0 Å². The highest BCUT2D eigenvalue weighted by Gasteiger charge is 2.30. The summed E-state index contributed by atoms with van der Waals surface area (Å²) in [6.45, 7) is 2.33. The molecule has 1 N–H and O–H groups in total. The van der Waals surface area contributed by atoms with Crippen molar-refractivity contribution >= 4 is 5.57 Å². The molecule has 2 atom stereocenters. The Morgan fingerprint density at radius 1 is 1.29 bits per heavy atom. The minimum absolute atomic E-state index is 0.796. The van der Waals surface area contributed by atoms with E-state index in [9.17, 15) is 0 Å². The van der Waals surface area contributed by atoms with Crippen LogP contribution in [0, 0.1) is 24.2 Å². The number of aromatic nitrogens is 1. The van der Waals surface area contributed by atoms with E-state index < -0.39 is 0 Å². The Bertz CT molecular complexity index is 496. The van der Waals surface area contributed by atoms with Gasteiger partial charge in [-0.15, -0.1) is 6.42 Å². The minimum Gasteiger partial charge on any atom is -0.316 e. The van der Waals surface area contributed by atoms with Crippen LogP contribution in [0.5, 0.6) is 0 Å². The number of nitrogens with zero attached hydrogens (tertiary/aromatic N) is 1. The molecule has 17 heavy (non-hydrogen) atoms. The van der Waals surface area contributed by atoms with Crippen LogP contribution in [0.4, 0.5) is 0 Å². The molecular weight excluding hydrogens is 208 g/mol. The van der Waals surface area contributed by atoms with Crippen LogP contribution < -0.4 is 5.32 Å². The lowest BCUT2D eigenvalue weighted by Gasteiger charge is -2.24. The first-order chi connectivity index (χ1) is 8.36. The first-order valence-corrected chi connectivity index (χ1v) is 6.18. The van der Waals surface area contributed by atoms with Gasteiger partial charge in [0, 0.05) is 18.0 Å². The van der Waals surface area contributed by atoms with Gasteiger partial charge in [-0.25, -0.2) is 0 Å². The molecule has 1 aliphatic heterocycles. The fraction of sp³-hybridized carbons (Fsp3) is 0.400. The lowest BCUT2D eigenvalue weighted by atomic mass is 9.80. The summed E-state index contributed by atoms with van der Waals surface area (Å²) in [6, 6.07) is 2.07. The smallest absolute Gasteiger partial charge is 0.0432 e. The number of nitrogens with one attached hydrogen (secondary N) is 1. The highest BCUT2D eigenvalue weighted by Crippen LogP contribution is 2.36. The Hall–Kier alpha value is -1.59. The van der Waals surface area contributed by atoms with E-state index in [0.29, 0.717) is 0 Å². The normalized spacial score (nSPS) is 27.1. The molecule has 1 aromatic heterocycles. The summed E-state index contributed by atoms with van der Waals surface area (Å²) in [4.78, 5) is 4.22. The van der Waals surface area contributed by atoms with Gasteiger partial charge in [-0.2, -0.15) is 0 Å². The van der Waals surface area contributed by atoms with Gasteiger partial charge in [0.05, 0.1) is 0 Å². The summed E-state index contributed by atoms with van der Waals surface area (Å²) in [5.41, 5.74) is 3.49. The molecule has 0 spiro atoms. The van der Waals surface area contributed by atoms with E-state index in [1.807, 2.05) is 6.20 Å². The van der Waals surface area contributed by atoms with Crippen molar-refractivity contribution in [1.29, 1.82) is 0 Å². The van der Waals surface area contributed by atoms with Gasteiger partial charge in [0.1, 0.15) is 0 Å². The standard InChI is InChI=1S/C15H16N2/c1-2-11-5-14(9-16-7-11)12-3-4-13-8-17-10-15(13)6-12/h1,3,5,7,9,13,15,17H,4,6,8,10H2/t13-,15+/m0/s1. The third-order valence-corrected chi connectivity index (χ3v) is 3.90. The number of fused-ring (bicyclic) bond motifs is 1. The molecule has 2 heteroatoms. The van der Waals surface area contributed by atoms with Crippen LogP contribution in [0.1, 0.15) is 24.0 Å². The fourth-order valence-corrected chi connectivity index (χ4v) is 2.89. The minimum atomic E-state index is 0.796. The fourth-order valence-electron chi connectivity index (χ4n) is 2.89. The highest BCUT2D eigenvalue weighted by atomic mass is 14.9. The van der Waals surface area contributed by atoms with Crippen LogP contribution in [0.3, 0.4) is 0 Å². The Kier molecular flexibility index (Phi) is 2.70. The Labute approximate surface area is 102 Å². The van der Waals surface area contributed by atoms with E-state index in [1.54, 1.807) is 6.20 Å². The lowest BCUT2D eigenvalue weighted by molar-refractivity contribution is 0.418. The average Bonchev–Trinajstić information content (AvgIpc) is 2.86. The predicted molar refractivity (Wildman–Crippen MR) is 69.2 cm³/mol. The molecule has 0 saturated carbocycles. The van der Waals surface area contributed by atoms with Crippen molar-refractivity contribution in [2.75, 3.05) is 13.1 Å². The summed E-state index contributed by atoms with van der Waals surface area (Å²) in [7, 11) is 0. The molecule has 86 valence electrons. The zero-order valence-electron chi connectivity index (χ0n) is 9.82. The number of hydrogen-bond acceptors (Lipinski definition) is 2. The first-order valence-electron chi connectivity index (χ1n) is 6.18. The lowest BCUT2D eigenvalue weighted by Crippen LogP contribution is -2.16. The number of terminal acetylenes is 1. The molecule has 2 aliphatic rings. The van der Waals surface area contributed by atoms with Crippen molar-refractivity contribution in [3.63, 3.8) is 0 Å². The van der Waals surface area contributed by atoms with Gasteiger partial charge in [0.25, 0.3) is 0 Å². The summed E-state index contributed by atoms with van der Waals surface area (Å²) in [6.07, 6.45) is 13.8. The highest BCUT2D eigenvalue weighted by molar-refractivity contribution is 5.67.